The average Bonchev–Trinajstić information content (AvgIpc) is 3.23. The summed E-state index contributed by atoms with van der Waals surface area (Å²) in [7, 11) is 0. The lowest BCUT2D eigenvalue weighted by Crippen LogP contribution is -2.58. The molecule has 1 aromatic rings. The predicted molar refractivity (Wildman–Crippen MR) is 143 cm³/mol. The minimum atomic E-state index is -1.29. The second kappa shape index (κ2) is 10.3. The highest BCUT2D eigenvalue weighted by Crippen LogP contribution is 2.59. The number of amides is 3. The van der Waals surface area contributed by atoms with E-state index in [1.165, 1.54) is 0 Å². The van der Waals surface area contributed by atoms with Crippen LogP contribution in [0.25, 0.3) is 0 Å². The fourth-order valence-corrected chi connectivity index (χ4v) is 7.02. The first-order chi connectivity index (χ1) is 18.4. The molecule has 2 fully saturated rings. The number of aliphatic hydroxyl groups is 1. The van der Waals surface area contributed by atoms with Gasteiger partial charge in [-0.2, -0.15) is 0 Å². The highest BCUT2D eigenvalue weighted by atomic mass is 16.5. The summed E-state index contributed by atoms with van der Waals surface area (Å²) in [6.45, 7) is 7.46. The quantitative estimate of drug-likeness (QED) is 0.531. The standard InChI is InChI=1S/C30H39N3O5/c1-4-16-31-17-10-14-29(6-3)23(26(31)35)24-27(36)33(22(5-2)20-34)25-28(37)32(18-11-15-30(24,25)38-29)19-21-12-8-7-9-13-21/h7-15,22-25,34H,4-6,16-20H2,1-3H3/t22-,23-,24-,25?,29+,30-/m0/s1. The molecule has 5 rings (SSSR count). The fraction of sp³-hybridized carbons (Fsp3) is 0.567. The van der Waals surface area contributed by atoms with E-state index in [0.29, 0.717) is 39.0 Å². The minimum Gasteiger partial charge on any atom is -0.394 e. The summed E-state index contributed by atoms with van der Waals surface area (Å²) in [5, 5.41) is 10.3. The van der Waals surface area contributed by atoms with Crippen LogP contribution < -0.4 is 0 Å². The average molecular weight is 522 g/mol. The van der Waals surface area contributed by atoms with Crippen LogP contribution in [0.2, 0.25) is 0 Å². The van der Waals surface area contributed by atoms with E-state index in [2.05, 4.69) is 0 Å². The fourth-order valence-electron chi connectivity index (χ4n) is 7.02. The Morgan fingerprint density at radius 3 is 2.32 bits per heavy atom. The third-order valence-corrected chi connectivity index (χ3v) is 8.83. The molecule has 8 heteroatoms. The lowest BCUT2D eigenvalue weighted by Gasteiger charge is -2.40. The molecule has 1 N–H and O–H groups in total. The van der Waals surface area contributed by atoms with Gasteiger partial charge in [-0.3, -0.25) is 14.4 Å². The third kappa shape index (κ3) is 3.92. The maximum Gasteiger partial charge on any atom is 0.249 e. The van der Waals surface area contributed by atoms with Gasteiger partial charge in [-0.1, -0.05) is 75.4 Å². The topological polar surface area (TPSA) is 90.4 Å². The van der Waals surface area contributed by atoms with Gasteiger partial charge < -0.3 is 24.5 Å². The first-order valence-corrected chi connectivity index (χ1v) is 14.0. The van der Waals surface area contributed by atoms with Gasteiger partial charge in [0.2, 0.25) is 17.7 Å². The number of ether oxygens (including phenoxy) is 1. The van der Waals surface area contributed by atoms with Crippen LogP contribution in [-0.4, -0.2) is 87.1 Å². The van der Waals surface area contributed by atoms with Gasteiger partial charge in [0.05, 0.1) is 30.1 Å². The van der Waals surface area contributed by atoms with Crippen molar-refractivity contribution in [1.82, 2.24) is 14.7 Å². The van der Waals surface area contributed by atoms with Crippen LogP contribution in [0.1, 0.15) is 45.6 Å². The number of nitrogens with zero attached hydrogens (tertiary/aromatic N) is 3. The molecule has 2 saturated heterocycles. The Morgan fingerprint density at radius 2 is 1.66 bits per heavy atom. The van der Waals surface area contributed by atoms with Crippen LogP contribution in [0.5, 0.6) is 0 Å². The largest absolute Gasteiger partial charge is 0.394 e. The summed E-state index contributed by atoms with van der Waals surface area (Å²) in [5.41, 5.74) is -1.29. The van der Waals surface area contributed by atoms with Crippen molar-refractivity contribution < 1.29 is 24.2 Å². The second-order valence-electron chi connectivity index (χ2n) is 10.9. The number of hydrogen-bond donors (Lipinski definition) is 1. The molecule has 0 aliphatic carbocycles. The maximum absolute atomic E-state index is 14.4. The molecule has 0 aromatic heterocycles. The molecule has 6 atom stereocenters. The van der Waals surface area contributed by atoms with Gasteiger partial charge >= 0.3 is 0 Å². The molecule has 1 spiro atoms. The Hall–Kier alpha value is -2.97. The van der Waals surface area contributed by atoms with Crippen LogP contribution >= 0.6 is 0 Å². The Kier molecular flexibility index (Phi) is 7.22. The van der Waals surface area contributed by atoms with Crippen molar-refractivity contribution in [2.24, 2.45) is 11.8 Å². The van der Waals surface area contributed by atoms with Crippen LogP contribution in [0, 0.1) is 11.8 Å². The van der Waals surface area contributed by atoms with Crippen LogP contribution in [0.3, 0.4) is 0 Å². The second-order valence-corrected chi connectivity index (χ2v) is 10.9. The molecule has 4 aliphatic rings. The highest BCUT2D eigenvalue weighted by molar-refractivity contribution is 6.00. The zero-order valence-electron chi connectivity index (χ0n) is 22.6. The van der Waals surface area contributed by atoms with E-state index in [4.69, 9.17) is 4.74 Å². The van der Waals surface area contributed by atoms with Gasteiger partial charge in [0, 0.05) is 26.2 Å². The lowest BCUT2D eigenvalue weighted by molar-refractivity contribution is -0.157. The van der Waals surface area contributed by atoms with Crippen molar-refractivity contribution in [3.63, 3.8) is 0 Å². The maximum atomic E-state index is 14.4. The van der Waals surface area contributed by atoms with Crippen molar-refractivity contribution >= 4 is 17.7 Å². The van der Waals surface area contributed by atoms with Gasteiger partial charge in [-0.15, -0.1) is 0 Å². The highest BCUT2D eigenvalue weighted by Gasteiger charge is 2.75. The molecule has 204 valence electrons. The molecule has 0 radical (unpaired) electrons. The van der Waals surface area contributed by atoms with Crippen LogP contribution in [0.15, 0.2) is 54.6 Å². The number of aliphatic hydroxyl groups excluding tert-OH is 1. The Bertz CT molecular complexity index is 1130. The van der Waals surface area contributed by atoms with Gasteiger partial charge in [0.1, 0.15) is 11.6 Å². The number of hydrogen-bond acceptors (Lipinski definition) is 5. The smallest absolute Gasteiger partial charge is 0.249 e. The van der Waals surface area contributed by atoms with E-state index >= 15 is 0 Å². The van der Waals surface area contributed by atoms with Gasteiger partial charge in [0.25, 0.3) is 0 Å². The number of rotatable bonds is 8. The first-order valence-electron chi connectivity index (χ1n) is 14.0. The van der Waals surface area contributed by atoms with Crippen molar-refractivity contribution in [1.29, 1.82) is 0 Å². The van der Waals surface area contributed by atoms with Gasteiger partial charge in [0.15, 0.2) is 0 Å². The number of likely N-dealkylation sites (tertiary alicyclic amines) is 1. The molecule has 1 aromatic carbocycles. The third-order valence-electron chi connectivity index (χ3n) is 8.83. The van der Waals surface area contributed by atoms with E-state index in [-0.39, 0.29) is 24.3 Å². The van der Waals surface area contributed by atoms with E-state index in [1.54, 1.807) is 14.7 Å². The van der Waals surface area contributed by atoms with Gasteiger partial charge in [-0.05, 0) is 24.8 Å². The number of carbonyl (C=O) groups is 3. The minimum absolute atomic E-state index is 0.0993. The summed E-state index contributed by atoms with van der Waals surface area (Å²) in [6, 6.07) is 8.25. The summed E-state index contributed by atoms with van der Waals surface area (Å²) < 4.78 is 6.97. The van der Waals surface area contributed by atoms with E-state index in [0.717, 1.165) is 12.0 Å². The predicted octanol–water partition coefficient (Wildman–Crippen LogP) is 2.53. The van der Waals surface area contributed by atoms with Gasteiger partial charge in [-0.25, -0.2) is 0 Å². The number of benzene rings is 1. The number of carbonyl (C=O) groups excluding carboxylic acids is 3. The molecular weight excluding hydrogens is 482 g/mol. The van der Waals surface area contributed by atoms with Crippen molar-refractivity contribution in [2.75, 3.05) is 26.2 Å². The number of fused-ring (bicyclic) bond motifs is 2. The SMILES string of the molecule is CCCN1CC=C[C@@]2(CC)O[C@]34C=CCN(Cc5ccccc5)C(=O)C3N([C@@H](CC)CO)C(=O)[C@@H]4[C@H]2C1=O. The molecule has 4 heterocycles. The molecule has 3 amide bonds. The summed E-state index contributed by atoms with van der Waals surface area (Å²) >= 11 is 0. The van der Waals surface area contributed by atoms with Crippen LogP contribution in [-0.2, 0) is 25.7 Å². The summed E-state index contributed by atoms with van der Waals surface area (Å²) in [6.07, 6.45) is 9.52. The van der Waals surface area contributed by atoms with E-state index in [1.807, 2.05) is 75.4 Å². The molecule has 38 heavy (non-hydrogen) atoms. The Morgan fingerprint density at radius 1 is 0.947 bits per heavy atom. The molecule has 0 bridgehead atoms. The Labute approximate surface area is 224 Å². The Balaban J connectivity index is 1.64. The zero-order valence-corrected chi connectivity index (χ0v) is 22.6. The van der Waals surface area contributed by atoms with E-state index in [9.17, 15) is 19.5 Å². The molecule has 1 unspecified atom stereocenters. The lowest BCUT2D eigenvalue weighted by atomic mass is 9.73. The van der Waals surface area contributed by atoms with E-state index < -0.39 is 35.1 Å². The molecule has 4 aliphatic heterocycles. The van der Waals surface area contributed by atoms with Crippen molar-refractivity contribution in [3.05, 3.63) is 60.2 Å². The molecule has 0 saturated carbocycles. The molecular formula is C30H39N3O5. The summed E-state index contributed by atoms with van der Waals surface area (Å²) in [5.74, 6) is -2.19. The van der Waals surface area contributed by atoms with Crippen LogP contribution in [0.4, 0.5) is 0 Å². The van der Waals surface area contributed by atoms with Crippen molar-refractivity contribution in [2.45, 2.75) is 69.9 Å². The monoisotopic (exact) mass is 521 g/mol. The first kappa shape index (κ1) is 26.6. The van der Waals surface area contributed by atoms with Crippen molar-refractivity contribution in [3.8, 4) is 0 Å². The molecule has 8 nitrogen and oxygen atoms in total. The zero-order chi connectivity index (χ0) is 27.1. The normalized spacial score (nSPS) is 33.2. The summed E-state index contributed by atoms with van der Waals surface area (Å²) in [4.78, 5) is 48.0.